The molecule has 1 aliphatic heterocycles. The smallest absolute Gasteiger partial charge is 0.343 e. The Bertz CT molecular complexity index is 720. The van der Waals surface area contributed by atoms with Crippen LogP contribution in [0.1, 0.15) is 10.4 Å². The lowest BCUT2D eigenvalue weighted by atomic mass is 10.0. The van der Waals surface area contributed by atoms with E-state index < -0.39 is 5.97 Å². The Labute approximate surface area is 115 Å². The Balaban J connectivity index is 2.28. The van der Waals surface area contributed by atoms with Crippen molar-refractivity contribution >= 4 is 11.8 Å². The average molecular weight is 270 g/mol. The Hall–Kier alpha value is -2.56. The van der Waals surface area contributed by atoms with Crippen molar-refractivity contribution in [3.05, 3.63) is 52.3 Å². The van der Waals surface area contributed by atoms with E-state index in [1.807, 2.05) is 30.3 Å². The lowest BCUT2D eigenvalue weighted by Gasteiger charge is -2.12. The number of hydrogen-bond acceptors (Lipinski definition) is 4. The molecule has 0 bridgehead atoms. The molecular weight excluding hydrogens is 256 g/mol. The van der Waals surface area contributed by atoms with Crippen molar-refractivity contribution in [1.29, 1.82) is 0 Å². The van der Waals surface area contributed by atoms with Crippen LogP contribution in [0.2, 0.25) is 0 Å². The molecule has 0 saturated carbocycles. The summed E-state index contributed by atoms with van der Waals surface area (Å²) in [7, 11) is 1.28. The number of fused-ring (bicyclic) bond motifs is 1. The molecule has 20 heavy (non-hydrogen) atoms. The number of anilines is 1. The molecule has 102 valence electrons. The average Bonchev–Trinajstić information content (AvgIpc) is 2.98. The van der Waals surface area contributed by atoms with Crippen LogP contribution in [-0.2, 0) is 11.3 Å². The fourth-order valence-electron chi connectivity index (χ4n) is 2.45. The first-order valence-electron chi connectivity index (χ1n) is 6.38. The molecule has 5 nitrogen and oxygen atoms in total. The van der Waals surface area contributed by atoms with E-state index in [1.54, 1.807) is 10.6 Å². The van der Waals surface area contributed by atoms with E-state index in [4.69, 9.17) is 4.74 Å². The minimum atomic E-state index is -0.602. The van der Waals surface area contributed by atoms with Crippen molar-refractivity contribution in [2.24, 2.45) is 0 Å². The highest BCUT2D eigenvalue weighted by Crippen LogP contribution is 2.29. The molecule has 0 atom stereocenters. The van der Waals surface area contributed by atoms with Gasteiger partial charge in [0, 0.05) is 18.7 Å². The van der Waals surface area contributed by atoms with Crippen LogP contribution in [0.5, 0.6) is 0 Å². The van der Waals surface area contributed by atoms with Crippen molar-refractivity contribution in [1.82, 2.24) is 4.57 Å². The topological polar surface area (TPSA) is 60.3 Å². The third-order valence-electron chi connectivity index (χ3n) is 3.41. The molecule has 0 spiro atoms. The Morgan fingerprint density at radius 1 is 1.30 bits per heavy atom. The van der Waals surface area contributed by atoms with E-state index in [9.17, 15) is 9.59 Å². The van der Waals surface area contributed by atoms with E-state index in [2.05, 4.69) is 5.32 Å². The quantitative estimate of drug-likeness (QED) is 0.844. The standard InChI is InChI=1S/C15H14N2O3/c1-20-15(19)12-9-11(10-5-3-2-4-6-10)13-16-7-8-17(13)14(12)18/h2-6,9,16H,7-8H2,1H3. The molecule has 0 saturated heterocycles. The van der Waals surface area contributed by atoms with Crippen molar-refractivity contribution in [3.8, 4) is 11.1 Å². The molecule has 0 radical (unpaired) electrons. The van der Waals surface area contributed by atoms with Gasteiger partial charge in [-0.2, -0.15) is 0 Å². The van der Waals surface area contributed by atoms with E-state index in [1.165, 1.54) is 7.11 Å². The maximum Gasteiger partial charge on any atom is 0.343 e. The highest BCUT2D eigenvalue weighted by atomic mass is 16.5. The van der Waals surface area contributed by atoms with Crippen LogP contribution in [0.25, 0.3) is 11.1 Å². The molecule has 3 rings (SSSR count). The van der Waals surface area contributed by atoms with Gasteiger partial charge in [-0.15, -0.1) is 0 Å². The number of carbonyl (C=O) groups is 1. The normalized spacial score (nSPS) is 12.7. The number of benzene rings is 1. The predicted molar refractivity (Wildman–Crippen MR) is 76.0 cm³/mol. The third kappa shape index (κ3) is 1.87. The van der Waals surface area contributed by atoms with Crippen LogP contribution < -0.4 is 10.9 Å². The third-order valence-corrected chi connectivity index (χ3v) is 3.41. The second-order valence-corrected chi connectivity index (χ2v) is 4.56. The number of ether oxygens (including phenoxy) is 1. The first-order chi connectivity index (χ1) is 9.72. The molecule has 0 aliphatic carbocycles. The zero-order valence-electron chi connectivity index (χ0n) is 11.1. The molecule has 2 aromatic rings. The van der Waals surface area contributed by atoms with Gasteiger partial charge in [0.2, 0.25) is 0 Å². The second kappa shape index (κ2) is 4.85. The van der Waals surface area contributed by atoms with E-state index in [0.29, 0.717) is 13.1 Å². The molecule has 0 unspecified atom stereocenters. The monoisotopic (exact) mass is 270 g/mol. The van der Waals surface area contributed by atoms with Gasteiger partial charge in [-0.1, -0.05) is 30.3 Å². The van der Waals surface area contributed by atoms with Gasteiger partial charge in [-0.3, -0.25) is 9.36 Å². The van der Waals surface area contributed by atoms with Gasteiger partial charge in [-0.25, -0.2) is 4.79 Å². The first-order valence-corrected chi connectivity index (χ1v) is 6.38. The van der Waals surface area contributed by atoms with Crippen LogP contribution in [0.3, 0.4) is 0 Å². The van der Waals surface area contributed by atoms with Gasteiger partial charge in [0.1, 0.15) is 11.4 Å². The molecule has 1 aromatic heterocycles. The summed E-state index contributed by atoms with van der Waals surface area (Å²) in [6.45, 7) is 1.23. The summed E-state index contributed by atoms with van der Waals surface area (Å²) in [6, 6.07) is 11.3. The molecule has 1 N–H and O–H groups in total. The van der Waals surface area contributed by atoms with Gasteiger partial charge in [-0.05, 0) is 11.6 Å². The molecule has 0 fully saturated rings. The van der Waals surface area contributed by atoms with Gasteiger partial charge in [0.05, 0.1) is 7.11 Å². The Morgan fingerprint density at radius 3 is 2.75 bits per heavy atom. The number of aromatic nitrogens is 1. The van der Waals surface area contributed by atoms with Gasteiger partial charge < -0.3 is 10.1 Å². The Morgan fingerprint density at radius 2 is 2.05 bits per heavy atom. The highest BCUT2D eigenvalue weighted by Gasteiger charge is 2.23. The molecule has 5 heteroatoms. The summed E-state index contributed by atoms with van der Waals surface area (Å²) in [4.78, 5) is 24.0. The van der Waals surface area contributed by atoms with E-state index in [0.717, 1.165) is 16.9 Å². The minimum Gasteiger partial charge on any atom is -0.465 e. The number of pyridine rings is 1. The summed E-state index contributed by atoms with van der Waals surface area (Å²) in [5, 5.41) is 3.20. The van der Waals surface area contributed by atoms with Crippen LogP contribution in [0, 0.1) is 0 Å². The van der Waals surface area contributed by atoms with Crippen molar-refractivity contribution in [3.63, 3.8) is 0 Å². The van der Waals surface area contributed by atoms with Gasteiger partial charge in [0.15, 0.2) is 0 Å². The molecule has 1 aliphatic rings. The van der Waals surface area contributed by atoms with Crippen LogP contribution in [-0.4, -0.2) is 24.2 Å². The predicted octanol–water partition coefficient (Wildman–Crippen LogP) is 1.73. The first kappa shape index (κ1) is 12.5. The minimum absolute atomic E-state index is 0.0683. The van der Waals surface area contributed by atoms with Crippen molar-refractivity contribution in [2.75, 3.05) is 19.0 Å². The van der Waals surface area contributed by atoms with Gasteiger partial charge >= 0.3 is 5.97 Å². The Kier molecular flexibility index (Phi) is 3.02. The maximum atomic E-state index is 12.3. The zero-order chi connectivity index (χ0) is 14.1. The molecule has 1 aromatic carbocycles. The van der Waals surface area contributed by atoms with Gasteiger partial charge in [0.25, 0.3) is 5.56 Å². The largest absolute Gasteiger partial charge is 0.465 e. The highest BCUT2D eigenvalue weighted by molar-refractivity contribution is 5.92. The lowest BCUT2D eigenvalue weighted by molar-refractivity contribution is 0.0598. The number of nitrogens with one attached hydrogen (secondary N) is 1. The van der Waals surface area contributed by atoms with E-state index in [-0.39, 0.29) is 11.1 Å². The van der Waals surface area contributed by atoms with Crippen LogP contribution in [0.15, 0.2) is 41.2 Å². The van der Waals surface area contributed by atoms with Crippen molar-refractivity contribution < 1.29 is 9.53 Å². The SMILES string of the molecule is COC(=O)c1cc(-c2ccccc2)c2n(c1=O)CCN2. The number of esters is 1. The fraction of sp³-hybridized carbons (Fsp3) is 0.200. The molecule has 2 heterocycles. The van der Waals surface area contributed by atoms with Crippen LogP contribution in [0.4, 0.5) is 5.82 Å². The number of methoxy groups -OCH3 is 1. The zero-order valence-corrected chi connectivity index (χ0v) is 11.1. The number of rotatable bonds is 2. The van der Waals surface area contributed by atoms with E-state index >= 15 is 0 Å². The summed E-state index contributed by atoms with van der Waals surface area (Å²) in [5.74, 6) is 0.156. The summed E-state index contributed by atoms with van der Waals surface area (Å²) in [6.07, 6.45) is 0. The number of hydrogen-bond donors (Lipinski definition) is 1. The summed E-state index contributed by atoms with van der Waals surface area (Å²) in [5.41, 5.74) is 1.55. The van der Waals surface area contributed by atoms with Crippen molar-refractivity contribution in [2.45, 2.75) is 6.54 Å². The number of carbonyl (C=O) groups excluding carboxylic acids is 1. The number of nitrogens with zero attached hydrogens (tertiary/aromatic N) is 1. The molecular formula is C15H14N2O3. The lowest BCUT2D eigenvalue weighted by Crippen LogP contribution is -2.26. The second-order valence-electron chi connectivity index (χ2n) is 4.56. The maximum absolute atomic E-state index is 12.3. The van der Waals surface area contributed by atoms with Crippen LogP contribution >= 0.6 is 0 Å². The fourth-order valence-corrected chi connectivity index (χ4v) is 2.45. The summed E-state index contributed by atoms with van der Waals surface area (Å²) >= 11 is 0. The molecule has 0 amide bonds. The summed E-state index contributed by atoms with van der Waals surface area (Å²) < 4.78 is 6.29.